The van der Waals surface area contributed by atoms with Crippen molar-refractivity contribution >= 4 is 0 Å². The van der Waals surface area contributed by atoms with Crippen molar-refractivity contribution in [1.29, 1.82) is 0 Å². The van der Waals surface area contributed by atoms with Crippen molar-refractivity contribution in [2.24, 2.45) is 5.41 Å². The Morgan fingerprint density at radius 1 is 1.43 bits per heavy atom. The average molecular weight is 294 g/mol. The Hall–Kier alpha value is -0.980. The van der Waals surface area contributed by atoms with Crippen molar-refractivity contribution < 1.29 is 9.84 Å². The van der Waals surface area contributed by atoms with Gasteiger partial charge in [-0.25, -0.2) is 4.68 Å². The van der Waals surface area contributed by atoms with Gasteiger partial charge in [0.1, 0.15) is 0 Å². The maximum absolute atomic E-state index is 10.1. The predicted molar refractivity (Wildman–Crippen MR) is 79.0 cm³/mol. The fraction of sp³-hybridized carbons (Fsp3) is 0.867. The summed E-state index contributed by atoms with van der Waals surface area (Å²) in [5.41, 5.74) is 1.27. The molecule has 0 aromatic carbocycles. The van der Waals surface area contributed by atoms with E-state index in [4.69, 9.17) is 4.74 Å². The summed E-state index contributed by atoms with van der Waals surface area (Å²) in [4.78, 5) is 0. The summed E-state index contributed by atoms with van der Waals surface area (Å²) in [6.07, 6.45) is 3.96. The van der Waals surface area contributed by atoms with Crippen LogP contribution in [-0.2, 0) is 11.3 Å². The van der Waals surface area contributed by atoms with Gasteiger partial charge in [-0.05, 0) is 18.3 Å². The number of rotatable bonds is 5. The van der Waals surface area contributed by atoms with E-state index < -0.39 is 6.10 Å². The van der Waals surface area contributed by atoms with Crippen molar-refractivity contribution in [2.45, 2.75) is 64.3 Å². The number of nitrogens with one attached hydrogen (secondary N) is 1. The zero-order valence-corrected chi connectivity index (χ0v) is 13.1. The van der Waals surface area contributed by atoms with Crippen LogP contribution < -0.4 is 5.32 Å². The molecule has 0 bridgehead atoms. The van der Waals surface area contributed by atoms with Gasteiger partial charge in [-0.1, -0.05) is 26.0 Å². The van der Waals surface area contributed by atoms with Crippen molar-refractivity contribution in [1.82, 2.24) is 20.3 Å². The highest BCUT2D eigenvalue weighted by Crippen LogP contribution is 2.38. The van der Waals surface area contributed by atoms with E-state index in [0.29, 0.717) is 19.1 Å². The first-order valence-electron chi connectivity index (χ1n) is 7.85. The molecule has 6 heteroatoms. The number of aliphatic hydroxyl groups is 1. The molecule has 2 heterocycles. The number of aromatic nitrogens is 3. The number of hydrogen-bond acceptors (Lipinski definition) is 5. The summed E-state index contributed by atoms with van der Waals surface area (Å²) >= 11 is 0. The Morgan fingerprint density at radius 2 is 2.19 bits per heavy atom. The van der Waals surface area contributed by atoms with Crippen molar-refractivity contribution in [3.8, 4) is 0 Å². The molecule has 0 spiro atoms. The van der Waals surface area contributed by atoms with Crippen LogP contribution in [0.3, 0.4) is 0 Å². The molecule has 0 radical (unpaired) electrons. The van der Waals surface area contributed by atoms with Gasteiger partial charge in [-0.15, -0.1) is 5.10 Å². The molecule has 2 fully saturated rings. The van der Waals surface area contributed by atoms with E-state index in [2.05, 4.69) is 36.4 Å². The highest BCUT2D eigenvalue weighted by molar-refractivity contribution is 5.09. The molecular formula is C15H26N4O2. The minimum atomic E-state index is -0.455. The first-order chi connectivity index (χ1) is 9.92. The van der Waals surface area contributed by atoms with Crippen LogP contribution in [0.2, 0.25) is 0 Å². The molecule has 1 aliphatic heterocycles. The van der Waals surface area contributed by atoms with Gasteiger partial charge < -0.3 is 15.2 Å². The molecule has 21 heavy (non-hydrogen) atoms. The zero-order chi connectivity index (χ0) is 15.0. The second-order valence-corrected chi connectivity index (χ2v) is 7.55. The first kappa shape index (κ1) is 14.9. The predicted octanol–water partition coefficient (Wildman–Crippen LogP) is 0.919. The van der Waals surface area contributed by atoms with Gasteiger partial charge in [-0.3, -0.25) is 0 Å². The molecule has 0 unspecified atom stereocenters. The third-order valence-electron chi connectivity index (χ3n) is 4.08. The molecule has 2 aliphatic rings. The fourth-order valence-corrected chi connectivity index (χ4v) is 2.69. The van der Waals surface area contributed by atoms with E-state index in [0.717, 1.165) is 12.2 Å². The van der Waals surface area contributed by atoms with E-state index in [-0.39, 0.29) is 17.6 Å². The summed E-state index contributed by atoms with van der Waals surface area (Å²) in [7, 11) is 0. The van der Waals surface area contributed by atoms with Gasteiger partial charge in [0, 0.05) is 18.7 Å². The van der Waals surface area contributed by atoms with E-state index in [1.165, 1.54) is 12.8 Å². The molecule has 1 aromatic heterocycles. The Labute approximate surface area is 125 Å². The number of hydrogen-bond donors (Lipinski definition) is 2. The Kier molecular flexibility index (Phi) is 4.03. The van der Waals surface area contributed by atoms with Crippen LogP contribution in [-0.4, -0.2) is 51.5 Å². The summed E-state index contributed by atoms with van der Waals surface area (Å²) in [6, 6.07) is -0.0437. The molecule has 1 aromatic rings. The third kappa shape index (κ3) is 3.81. The van der Waals surface area contributed by atoms with Crippen LogP contribution in [0.1, 0.15) is 45.2 Å². The molecule has 1 saturated carbocycles. The Bertz CT molecular complexity index is 478. The van der Waals surface area contributed by atoms with Crippen LogP contribution in [0.25, 0.3) is 0 Å². The third-order valence-corrected chi connectivity index (χ3v) is 4.08. The van der Waals surface area contributed by atoms with E-state index in [9.17, 15) is 5.11 Å². The SMILES string of the molecule is CC(C)(C)CN[C@@H]1[C@@H](O)CO[C@@H]1Cn1cc(C2CC2)nn1. The summed E-state index contributed by atoms with van der Waals surface area (Å²) < 4.78 is 7.58. The van der Waals surface area contributed by atoms with E-state index in [1.807, 2.05) is 10.9 Å². The summed E-state index contributed by atoms with van der Waals surface area (Å²) in [6.45, 7) is 8.40. The Balaban J connectivity index is 1.59. The molecule has 1 aliphatic carbocycles. The van der Waals surface area contributed by atoms with E-state index in [1.54, 1.807) is 0 Å². The topological polar surface area (TPSA) is 72.2 Å². The standard InChI is InChI=1S/C15H26N4O2/c1-15(2,3)9-16-14-12(20)8-21-13(14)7-19-6-11(17-18-19)10-4-5-10/h6,10,12-14,16,20H,4-5,7-9H2,1-3H3/t12-,13+,14+/m0/s1. The lowest BCUT2D eigenvalue weighted by molar-refractivity contribution is 0.0736. The average Bonchev–Trinajstić information content (AvgIpc) is 3.05. The van der Waals surface area contributed by atoms with Crippen LogP contribution in [0.15, 0.2) is 6.20 Å². The lowest BCUT2D eigenvalue weighted by atomic mass is 9.95. The Morgan fingerprint density at radius 3 is 2.86 bits per heavy atom. The molecular weight excluding hydrogens is 268 g/mol. The molecule has 118 valence electrons. The van der Waals surface area contributed by atoms with Gasteiger partial charge in [-0.2, -0.15) is 0 Å². The largest absolute Gasteiger partial charge is 0.389 e. The number of nitrogens with zero attached hydrogens (tertiary/aromatic N) is 3. The molecule has 6 nitrogen and oxygen atoms in total. The first-order valence-corrected chi connectivity index (χ1v) is 7.85. The van der Waals surface area contributed by atoms with Crippen LogP contribution >= 0.6 is 0 Å². The minimum Gasteiger partial charge on any atom is -0.389 e. The minimum absolute atomic E-state index is 0.0437. The zero-order valence-electron chi connectivity index (χ0n) is 13.1. The lowest BCUT2D eigenvalue weighted by Crippen LogP contribution is -2.48. The van der Waals surface area contributed by atoms with Gasteiger partial charge >= 0.3 is 0 Å². The van der Waals surface area contributed by atoms with Crippen molar-refractivity contribution in [3.05, 3.63) is 11.9 Å². The quantitative estimate of drug-likeness (QED) is 0.845. The number of ether oxygens (including phenoxy) is 1. The van der Waals surface area contributed by atoms with Crippen molar-refractivity contribution in [3.63, 3.8) is 0 Å². The summed E-state index contributed by atoms with van der Waals surface area (Å²) in [5, 5.41) is 22.0. The van der Waals surface area contributed by atoms with Crippen LogP contribution in [0.5, 0.6) is 0 Å². The molecule has 2 N–H and O–H groups in total. The second-order valence-electron chi connectivity index (χ2n) is 7.55. The van der Waals surface area contributed by atoms with Crippen LogP contribution in [0.4, 0.5) is 0 Å². The number of aliphatic hydroxyl groups excluding tert-OH is 1. The molecule has 3 atom stereocenters. The highest BCUT2D eigenvalue weighted by Gasteiger charge is 2.37. The summed E-state index contributed by atoms with van der Waals surface area (Å²) in [5.74, 6) is 0.614. The van der Waals surface area contributed by atoms with Crippen LogP contribution in [0, 0.1) is 5.41 Å². The van der Waals surface area contributed by atoms with Crippen molar-refractivity contribution in [2.75, 3.05) is 13.2 Å². The smallest absolute Gasteiger partial charge is 0.0952 e. The fourth-order valence-electron chi connectivity index (χ4n) is 2.69. The maximum Gasteiger partial charge on any atom is 0.0952 e. The van der Waals surface area contributed by atoms with Gasteiger partial charge in [0.05, 0.1) is 37.1 Å². The van der Waals surface area contributed by atoms with Gasteiger partial charge in [0.15, 0.2) is 0 Å². The molecule has 0 amide bonds. The van der Waals surface area contributed by atoms with Gasteiger partial charge in [0.2, 0.25) is 0 Å². The normalized spacial score (nSPS) is 30.0. The van der Waals surface area contributed by atoms with Gasteiger partial charge in [0.25, 0.3) is 0 Å². The second kappa shape index (κ2) is 5.66. The molecule has 3 rings (SSSR count). The molecule has 1 saturated heterocycles. The maximum atomic E-state index is 10.1. The van der Waals surface area contributed by atoms with E-state index >= 15 is 0 Å². The highest BCUT2D eigenvalue weighted by atomic mass is 16.5. The monoisotopic (exact) mass is 294 g/mol. The lowest BCUT2D eigenvalue weighted by Gasteiger charge is -2.26.